The average Bonchev–Trinajstić information content (AvgIpc) is 3.19. The first-order valence-electron chi connectivity index (χ1n) is 10.3. The van der Waals surface area contributed by atoms with Crippen LogP contribution >= 0.6 is 11.6 Å². The van der Waals surface area contributed by atoms with E-state index in [0.29, 0.717) is 22.2 Å². The average molecular weight is 490 g/mol. The van der Waals surface area contributed by atoms with Gasteiger partial charge in [-0.25, -0.2) is 0 Å². The highest BCUT2D eigenvalue weighted by molar-refractivity contribution is 6.31. The second-order valence-electron chi connectivity index (χ2n) is 7.54. The topological polar surface area (TPSA) is 123 Å². The lowest BCUT2D eigenvalue weighted by Gasteiger charge is -2.18. The summed E-state index contributed by atoms with van der Waals surface area (Å²) in [6.45, 7) is 1.23. The third kappa shape index (κ3) is 5.96. The molecule has 1 aliphatic heterocycles. The summed E-state index contributed by atoms with van der Waals surface area (Å²) >= 11 is 6.03. The highest BCUT2D eigenvalue weighted by atomic mass is 35.5. The summed E-state index contributed by atoms with van der Waals surface area (Å²) in [5.41, 5.74) is 4.05. The molecule has 1 saturated heterocycles. The number of carbonyl (C=O) groups is 4. The van der Waals surface area contributed by atoms with Crippen LogP contribution < -0.4 is 20.2 Å². The lowest BCUT2D eigenvalue weighted by molar-refractivity contribution is -0.151. The number of hydrogen-bond acceptors (Lipinski definition) is 7. The van der Waals surface area contributed by atoms with E-state index in [1.54, 1.807) is 24.3 Å². The van der Waals surface area contributed by atoms with Crippen molar-refractivity contribution in [2.24, 2.45) is 5.92 Å². The number of carbonyl (C=O) groups excluding carboxylic acids is 4. The summed E-state index contributed by atoms with van der Waals surface area (Å²) in [5.74, 6) is -2.28. The van der Waals surface area contributed by atoms with E-state index in [-0.39, 0.29) is 18.5 Å². The van der Waals surface area contributed by atoms with Gasteiger partial charge >= 0.3 is 5.97 Å². The Morgan fingerprint density at radius 3 is 2.50 bits per heavy atom. The Kier molecular flexibility index (Phi) is 7.95. The van der Waals surface area contributed by atoms with Gasteiger partial charge in [0.1, 0.15) is 0 Å². The van der Waals surface area contributed by atoms with Crippen LogP contribution in [0.5, 0.6) is 11.5 Å². The van der Waals surface area contributed by atoms with E-state index in [2.05, 4.69) is 10.7 Å². The number of halogens is 1. The number of nitrogens with zero attached hydrogens (tertiary/aromatic N) is 1. The number of hydrazine groups is 1. The lowest BCUT2D eigenvalue weighted by atomic mass is 10.1. The van der Waals surface area contributed by atoms with Crippen molar-refractivity contribution in [3.05, 3.63) is 52.5 Å². The molecule has 0 aliphatic carbocycles. The molecule has 10 nitrogen and oxygen atoms in total. The Hall–Kier alpha value is -3.79. The molecule has 180 valence electrons. The molecule has 3 rings (SSSR count). The fraction of sp³-hybridized carbons (Fsp3) is 0.304. The van der Waals surface area contributed by atoms with Gasteiger partial charge in [-0.15, -0.1) is 0 Å². The molecule has 2 aromatic carbocycles. The first-order chi connectivity index (χ1) is 16.2. The van der Waals surface area contributed by atoms with Gasteiger partial charge in [0, 0.05) is 22.7 Å². The van der Waals surface area contributed by atoms with Crippen LogP contribution in [0.15, 0.2) is 36.4 Å². The van der Waals surface area contributed by atoms with E-state index in [0.717, 1.165) is 10.6 Å². The second-order valence-corrected chi connectivity index (χ2v) is 7.94. The SMILES string of the molecule is COc1ccc(C(=O)NN2C[C@@H](C(=O)OCC(=O)Nc3ccc(C)c(Cl)c3)CC2=O)cc1OC. The molecule has 1 atom stereocenters. The zero-order chi connectivity index (χ0) is 24.8. The van der Waals surface area contributed by atoms with E-state index >= 15 is 0 Å². The van der Waals surface area contributed by atoms with E-state index < -0.39 is 36.2 Å². The van der Waals surface area contributed by atoms with Gasteiger partial charge in [0.25, 0.3) is 11.8 Å². The van der Waals surface area contributed by atoms with Crippen LogP contribution in [0.25, 0.3) is 0 Å². The number of ether oxygens (including phenoxy) is 3. The predicted octanol–water partition coefficient (Wildman–Crippen LogP) is 2.34. The maximum atomic E-state index is 12.5. The molecule has 2 aromatic rings. The molecule has 1 fully saturated rings. The minimum absolute atomic E-state index is 0.0775. The highest BCUT2D eigenvalue weighted by Gasteiger charge is 2.36. The molecule has 3 amide bonds. The minimum atomic E-state index is -0.820. The quantitative estimate of drug-likeness (QED) is 0.545. The van der Waals surface area contributed by atoms with E-state index in [1.807, 2.05) is 6.92 Å². The molecule has 0 aromatic heterocycles. The Balaban J connectivity index is 1.51. The molecule has 1 aliphatic rings. The van der Waals surface area contributed by atoms with Gasteiger partial charge in [0.05, 0.1) is 26.7 Å². The van der Waals surface area contributed by atoms with Crippen molar-refractivity contribution in [1.29, 1.82) is 0 Å². The van der Waals surface area contributed by atoms with Gasteiger partial charge < -0.3 is 19.5 Å². The Morgan fingerprint density at radius 2 is 1.82 bits per heavy atom. The largest absolute Gasteiger partial charge is 0.493 e. The van der Waals surface area contributed by atoms with Gasteiger partial charge in [0.15, 0.2) is 18.1 Å². The van der Waals surface area contributed by atoms with Gasteiger partial charge in [-0.05, 0) is 42.8 Å². The molecule has 11 heteroatoms. The maximum absolute atomic E-state index is 12.5. The number of methoxy groups -OCH3 is 2. The van der Waals surface area contributed by atoms with Crippen LogP contribution in [0.3, 0.4) is 0 Å². The lowest BCUT2D eigenvalue weighted by Crippen LogP contribution is -2.43. The minimum Gasteiger partial charge on any atom is -0.493 e. The molecule has 1 heterocycles. The molecule has 34 heavy (non-hydrogen) atoms. The van der Waals surface area contributed by atoms with E-state index in [1.165, 1.54) is 26.4 Å². The van der Waals surface area contributed by atoms with Crippen molar-refractivity contribution in [1.82, 2.24) is 10.4 Å². The normalized spacial score (nSPS) is 15.0. The number of esters is 1. The number of anilines is 1. The van der Waals surface area contributed by atoms with Crippen LogP contribution in [-0.4, -0.2) is 56.1 Å². The fourth-order valence-corrected chi connectivity index (χ4v) is 3.44. The Bertz CT molecular complexity index is 1120. The number of hydrogen-bond donors (Lipinski definition) is 2. The first kappa shape index (κ1) is 24.8. The standard InChI is InChI=1S/C23H24ClN3O7/c1-13-4-6-16(10-17(13)24)25-20(28)12-34-23(31)15-9-21(29)27(11-15)26-22(30)14-5-7-18(32-2)19(8-14)33-3/h4-8,10,15H,9,11-12H2,1-3H3,(H,25,28)(H,26,30)/t15-/m0/s1. The summed E-state index contributed by atoms with van der Waals surface area (Å²) in [6.07, 6.45) is -0.153. The number of aryl methyl sites for hydroxylation is 1. The summed E-state index contributed by atoms with van der Waals surface area (Å²) in [6, 6.07) is 9.57. The van der Waals surface area contributed by atoms with Crippen LogP contribution in [0.2, 0.25) is 5.02 Å². The van der Waals surface area contributed by atoms with Crippen molar-refractivity contribution >= 4 is 41.0 Å². The summed E-state index contributed by atoms with van der Waals surface area (Å²) in [5, 5.41) is 4.13. The van der Waals surface area contributed by atoms with Crippen molar-refractivity contribution in [3.8, 4) is 11.5 Å². The zero-order valence-corrected chi connectivity index (χ0v) is 19.6. The molecular weight excluding hydrogens is 466 g/mol. The third-order valence-corrected chi connectivity index (χ3v) is 5.55. The van der Waals surface area contributed by atoms with Gasteiger partial charge in [-0.2, -0.15) is 0 Å². The van der Waals surface area contributed by atoms with Crippen LogP contribution in [-0.2, 0) is 19.1 Å². The molecule has 2 N–H and O–H groups in total. The summed E-state index contributed by atoms with van der Waals surface area (Å²) < 4.78 is 15.4. The molecule has 0 saturated carbocycles. The van der Waals surface area contributed by atoms with E-state index in [4.69, 9.17) is 25.8 Å². The second kappa shape index (κ2) is 10.9. The van der Waals surface area contributed by atoms with Crippen LogP contribution in [0.4, 0.5) is 5.69 Å². The number of nitrogens with one attached hydrogen (secondary N) is 2. The Morgan fingerprint density at radius 1 is 1.09 bits per heavy atom. The monoisotopic (exact) mass is 489 g/mol. The van der Waals surface area contributed by atoms with Gasteiger partial charge in [-0.1, -0.05) is 17.7 Å². The molecule has 0 unspecified atom stereocenters. The summed E-state index contributed by atoms with van der Waals surface area (Å²) in [7, 11) is 2.91. The number of amides is 3. The molecule has 0 bridgehead atoms. The van der Waals surface area contributed by atoms with Crippen molar-refractivity contribution in [3.63, 3.8) is 0 Å². The molecule has 0 radical (unpaired) electrons. The molecular formula is C23H24ClN3O7. The van der Waals surface area contributed by atoms with Crippen molar-refractivity contribution in [2.45, 2.75) is 13.3 Å². The number of benzene rings is 2. The van der Waals surface area contributed by atoms with Crippen LogP contribution in [0, 0.1) is 12.8 Å². The van der Waals surface area contributed by atoms with Crippen molar-refractivity contribution < 1.29 is 33.4 Å². The van der Waals surface area contributed by atoms with Gasteiger partial charge in [0.2, 0.25) is 5.91 Å². The smallest absolute Gasteiger partial charge is 0.311 e. The maximum Gasteiger partial charge on any atom is 0.311 e. The number of rotatable bonds is 8. The highest BCUT2D eigenvalue weighted by Crippen LogP contribution is 2.28. The third-order valence-electron chi connectivity index (χ3n) is 5.14. The van der Waals surface area contributed by atoms with E-state index in [9.17, 15) is 19.2 Å². The zero-order valence-electron chi connectivity index (χ0n) is 18.8. The fourth-order valence-electron chi connectivity index (χ4n) is 3.26. The predicted molar refractivity (Wildman–Crippen MR) is 123 cm³/mol. The van der Waals surface area contributed by atoms with Crippen LogP contribution in [0.1, 0.15) is 22.3 Å². The van der Waals surface area contributed by atoms with Crippen molar-refractivity contribution in [2.75, 3.05) is 32.7 Å². The summed E-state index contributed by atoms with van der Waals surface area (Å²) in [4.78, 5) is 49.3. The molecule has 0 spiro atoms. The Labute approximate surface area is 201 Å². The first-order valence-corrected chi connectivity index (χ1v) is 10.7. The van der Waals surface area contributed by atoms with Gasteiger partial charge in [-0.3, -0.25) is 29.6 Å².